The van der Waals surface area contributed by atoms with Gasteiger partial charge in [0.2, 0.25) is 5.75 Å². The van der Waals surface area contributed by atoms with Crippen molar-refractivity contribution in [1.29, 1.82) is 0 Å². The normalized spacial score (nSPS) is 12.8. The van der Waals surface area contributed by atoms with Crippen LogP contribution in [0.5, 0.6) is 17.2 Å². The highest BCUT2D eigenvalue weighted by molar-refractivity contribution is 14.1. The lowest BCUT2D eigenvalue weighted by Crippen LogP contribution is -2.58. The minimum Gasteiger partial charge on any atom is -0.493 e. The van der Waals surface area contributed by atoms with Gasteiger partial charge >= 0.3 is 0 Å². The second-order valence-corrected chi connectivity index (χ2v) is 9.88. The number of alkyl halides is 1. The van der Waals surface area contributed by atoms with Gasteiger partial charge < -0.3 is 25.3 Å². The van der Waals surface area contributed by atoms with Crippen molar-refractivity contribution in [3.8, 4) is 17.2 Å². The van der Waals surface area contributed by atoms with Gasteiger partial charge in [0, 0.05) is 28.7 Å². The molecule has 0 saturated heterocycles. The minimum atomic E-state index is -0.736. The van der Waals surface area contributed by atoms with E-state index in [2.05, 4.69) is 46.7 Å². The molecule has 3 N–H and O–H groups in total. The van der Waals surface area contributed by atoms with E-state index >= 15 is 0 Å². The zero-order chi connectivity index (χ0) is 22.8. The lowest BCUT2D eigenvalue weighted by molar-refractivity contribution is 0.304. The van der Waals surface area contributed by atoms with E-state index in [-0.39, 0.29) is 24.8 Å². The Balaban J connectivity index is 0.00000272. The molecule has 0 aliphatic rings. The number of rotatable bonds is 8. The third-order valence-electron chi connectivity index (χ3n) is 5.47. The molecule has 6 nitrogen and oxygen atoms in total. The van der Waals surface area contributed by atoms with Gasteiger partial charge in [-0.3, -0.25) is 4.98 Å². The maximum atomic E-state index is 6.94. The van der Waals surface area contributed by atoms with Crippen molar-refractivity contribution in [3.05, 3.63) is 58.7 Å². The fourth-order valence-corrected chi connectivity index (χ4v) is 4.29. The summed E-state index contributed by atoms with van der Waals surface area (Å²) in [4.78, 5) is 4.44. The summed E-state index contributed by atoms with van der Waals surface area (Å²) in [5, 5.41) is 5.22. The van der Waals surface area contributed by atoms with Crippen LogP contribution in [-0.2, 0) is 10.1 Å². The summed E-state index contributed by atoms with van der Waals surface area (Å²) < 4.78 is 15.6. The third-order valence-corrected chi connectivity index (χ3v) is 7.63. The van der Waals surface area contributed by atoms with Crippen LogP contribution in [0.15, 0.2) is 42.6 Å². The average molecular weight is 629 g/mol. The van der Waals surface area contributed by atoms with Crippen molar-refractivity contribution in [1.82, 2.24) is 10.3 Å². The molecule has 3 rings (SSSR count). The summed E-state index contributed by atoms with van der Waals surface area (Å²) in [7, 11) is 4.80. The molecule has 1 aromatic heterocycles. The Labute approximate surface area is 225 Å². The molecule has 0 aliphatic carbocycles. The molecule has 33 heavy (non-hydrogen) atoms. The molecule has 0 aliphatic heterocycles. The lowest BCUT2D eigenvalue weighted by Gasteiger charge is -2.41. The number of pyridine rings is 1. The van der Waals surface area contributed by atoms with Crippen molar-refractivity contribution in [3.63, 3.8) is 0 Å². The Bertz CT molecular complexity index is 1070. The van der Waals surface area contributed by atoms with Crippen LogP contribution in [0.1, 0.15) is 25.0 Å². The number of benzene rings is 2. The molecule has 10 heteroatoms. The molecule has 0 radical (unpaired) electrons. The summed E-state index contributed by atoms with van der Waals surface area (Å²) in [5.41, 5.74) is 9.24. The monoisotopic (exact) mass is 627 g/mol. The third kappa shape index (κ3) is 6.07. The van der Waals surface area contributed by atoms with E-state index in [0.717, 1.165) is 22.0 Å². The Kier molecular flexibility index (Phi) is 10.8. The largest absolute Gasteiger partial charge is 0.493 e. The van der Waals surface area contributed by atoms with Crippen LogP contribution in [0.25, 0.3) is 10.9 Å². The van der Waals surface area contributed by atoms with E-state index in [1.165, 1.54) is 0 Å². The van der Waals surface area contributed by atoms with Crippen LogP contribution < -0.4 is 25.3 Å². The number of halogens is 4. The average Bonchev–Trinajstić information content (AvgIpc) is 2.75. The first-order valence-corrected chi connectivity index (χ1v) is 11.2. The molecule has 1 atom stereocenters. The highest BCUT2D eigenvalue weighted by Gasteiger charge is 2.42. The van der Waals surface area contributed by atoms with Crippen LogP contribution in [0, 0.1) is 0 Å². The first kappa shape index (κ1) is 29.8. The number of methoxy groups -OCH3 is 3. The van der Waals surface area contributed by atoms with Crippen molar-refractivity contribution >= 4 is 69.9 Å². The fraction of sp³-hybridized carbons (Fsp3) is 0.348. The van der Waals surface area contributed by atoms with Gasteiger partial charge in [0.1, 0.15) is 3.55 Å². The molecule has 0 fully saturated rings. The topological polar surface area (TPSA) is 78.6 Å². The SMILES string of the molecule is COc1cc(CNC(C)(C)C(N)(I)c2ccnc3cc(Cl)ccc23)cc(OC)c1OC.Cl.Cl. The van der Waals surface area contributed by atoms with E-state index in [1.54, 1.807) is 27.5 Å². The molecule has 182 valence electrons. The van der Waals surface area contributed by atoms with Gasteiger partial charge in [-0.25, -0.2) is 0 Å². The zero-order valence-corrected chi connectivity index (χ0v) is 23.6. The maximum absolute atomic E-state index is 6.94. The van der Waals surface area contributed by atoms with E-state index < -0.39 is 9.08 Å². The van der Waals surface area contributed by atoms with Crippen LogP contribution in [0.3, 0.4) is 0 Å². The Morgan fingerprint density at radius 3 is 2.15 bits per heavy atom. The highest BCUT2D eigenvalue weighted by Crippen LogP contribution is 2.41. The van der Waals surface area contributed by atoms with E-state index in [4.69, 9.17) is 31.5 Å². The van der Waals surface area contributed by atoms with Crippen molar-refractivity contribution in [2.75, 3.05) is 21.3 Å². The summed E-state index contributed by atoms with van der Waals surface area (Å²) in [6.07, 6.45) is 1.77. The second kappa shape index (κ2) is 12.0. The smallest absolute Gasteiger partial charge is 0.203 e. The quantitative estimate of drug-likeness (QED) is 0.185. The number of nitrogens with two attached hydrogens (primary N) is 1. The number of nitrogens with one attached hydrogen (secondary N) is 1. The molecule has 0 spiro atoms. The lowest BCUT2D eigenvalue weighted by atomic mass is 9.87. The van der Waals surface area contributed by atoms with Gasteiger partial charge in [0.05, 0.1) is 26.8 Å². The minimum absolute atomic E-state index is 0. The van der Waals surface area contributed by atoms with Crippen molar-refractivity contribution < 1.29 is 14.2 Å². The Morgan fingerprint density at radius 1 is 1.00 bits per heavy atom. The van der Waals surface area contributed by atoms with Gasteiger partial charge in [-0.2, -0.15) is 0 Å². The van der Waals surface area contributed by atoms with Gasteiger partial charge in [0.25, 0.3) is 0 Å². The van der Waals surface area contributed by atoms with Crippen LogP contribution >= 0.6 is 59.0 Å². The maximum Gasteiger partial charge on any atom is 0.203 e. The molecule has 1 unspecified atom stereocenters. The molecular formula is C23H29Cl3IN3O3. The molecule has 2 aromatic carbocycles. The number of hydrogen-bond donors (Lipinski definition) is 2. The van der Waals surface area contributed by atoms with Crippen LogP contribution in [0.4, 0.5) is 0 Å². The van der Waals surface area contributed by atoms with E-state index in [9.17, 15) is 0 Å². The number of aromatic nitrogens is 1. The molecule has 3 aromatic rings. The van der Waals surface area contributed by atoms with Crippen LogP contribution in [-0.4, -0.2) is 31.9 Å². The van der Waals surface area contributed by atoms with E-state index in [1.807, 2.05) is 36.4 Å². The first-order valence-electron chi connectivity index (χ1n) is 9.71. The first-order chi connectivity index (χ1) is 14.6. The summed E-state index contributed by atoms with van der Waals surface area (Å²) in [5.74, 6) is 1.79. The Morgan fingerprint density at radius 2 is 1.61 bits per heavy atom. The number of nitrogens with zero attached hydrogens (tertiary/aromatic N) is 1. The summed E-state index contributed by atoms with van der Waals surface area (Å²) >= 11 is 8.46. The van der Waals surface area contributed by atoms with Gasteiger partial charge in [-0.1, -0.05) is 40.3 Å². The van der Waals surface area contributed by atoms with Gasteiger partial charge in [-0.15, -0.1) is 24.8 Å². The predicted octanol–water partition coefficient (Wildman–Crippen LogP) is 5.87. The number of ether oxygens (including phenoxy) is 3. The molecule has 0 saturated carbocycles. The number of hydrogen-bond acceptors (Lipinski definition) is 6. The standard InChI is InChI=1S/C23H27ClIN3O3.2ClH/c1-22(2,28-13-14-10-19(29-3)21(31-5)20(11-14)30-4)23(25,26)17-8-9-27-18-12-15(24)6-7-16(17)18;;/h6-12,28H,13,26H2,1-5H3;2*1H. The van der Waals surface area contributed by atoms with Gasteiger partial charge in [-0.05, 0) is 55.3 Å². The summed E-state index contributed by atoms with van der Waals surface area (Å²) in [6.45, 7) is 4.72. The van der Waals surface area contributed by atoms with Gasteiger partial charge in [0.15, 0.2) is 11.5 Å². The number of fused-ring (bicyclic) bond motifs is 1. The molecule has 0 amide bonds. The van der Waals surface area contributed by atoms with Crippen molar-refractivity contribution in [2.45, 2.75) is 29.5 Å². The fourth-order valence-electron chi connectivity index (χ4n) is 3.46. The Hall–Kier alpha value is -1.23. The predicted molar refractivity (Wildman–Crippen MR) is 148 cm³/mol. The molecule has 1 heterocycles. The van der Waals surface area contributed by atoms with E-state index in [0.29, 0.717) is 28.8 Å². The van der Waals surface area contributed by atoms with Crippen LogP contribution in [0.2, 0.25) is 5.02 Å². The highest BCUT2D eigenvalue weighted by atomic mass is 127. The molecular weight excluding hydrogens is 600 g/mol. The summed E-state index contributed by atoms with van der Waals surface area (Å²) in [6, 6.07) is 11.5. The molecule has 0 bridgehead atoms. The second-order valence-electron chi connectivity index (χ2n) is 7.74. The van der Waals surface area contributed by atoms with Crippen molar-refractivity contribution in [2.24, 2.45) is 5.73 Å². The zero-order valence-electron chi connectivity index (χ0n) is 19.1.